The van der Waals surface area contributed by atoms with E-state index in [0.717, 1.165) is 45.0 Å². The van der Waals surface area contributed by atoms with Crippen molar-refractivity contribution in [3.8, 4) is 0 Å². The van der Waals surface area contributed by atoms with Crippen molar-refractivity contribution in [2.45, 2.75) is 39.5 Å². The van der Waals surface area contributed by atoms with E-state index in [2.05, 4.69) is 15.6 Å². The highest BCUT2D eigenvalue weighted by molar-refractivity contribution is 14.0. The predicted molar refractivity (Wildman–Crippen MR) is 96.4 cm³/mol. The normalized spacial score (nSPS) is 10.7. The Morgan fingerprint density at radius 1 is 1.05 bits per heavy atom. The minimum Gasteiger partial charge on any atom is -0.466 e. The van der Waals surface area contributed by atoms with E-state index in [1.54, 1.807) is 7.05 Å². The fourth-order valence-electron chi connectivity index (χ4n) is 1.57. The summed E-state index contributed by atoms with van der Waals surface area (Å²) in [6.45, 7) is 7.41. The van der Waals surface area contributed by atoms with Crippen molar-refractivity contribution in [2.75, 3.05) is 40.0 Å². The number of nitrogens with one attached hydrogen (secondary N) is 2. The third kappa shape index (κ3) is 15.6. The molecule has 0 fully saturated rings. The van der Waals surface area contributed by atoms with Gasteiger partial charge in [-0.2, -0.15) is 0 Å². The Labute approximate surface area is 145 Å². The van der Waals surface area contributed by atoms with Crippen molar-refractivity contribution < 1.29 is 14.3 Å². The molecule has 0 aromatic rings. The van der Waals surface area contributed by atoms with Crippen LogP contribution in [0.25, 0.3) is 0 Å². The predicted octanol–water partition coefficient (Wildman–Crippen LogP) is 1.93. The van der Waals surface area contributed by atoms with E-state index < -0.39 is 0 Å². The summed E-state index contributed by atoms with van der Waals surface area (Å²) in [6.07, 6.45) is 3.26. The molecule has 0 rings (SSSR count). The minimum atomic E-state index is -0.145. The molecule has 0 unspecified atom stereocenters. The van der Waals surface area contributed by atoms with Crippen LogP contribution in [0.1, 0.15) is 39.5 Å². The SMILES string of the molecule is CCOCCCCNC(=NC)NCCCC(=O)OCC.I. The molecule has 0 aromatic carbocycles. The molecule has 0 bridgehead atoms. The number of hydrogen-bond donors (Lipinski definition) is 2. The topological polar surface area (TPSA) is 72.0 Å². The number of unbranched alkanes of at least 4 members (excludes halogenated alkanes) is 1. The van der Waals surface area contributed by atoms with Crippen LogP contribution in [0.5, 0.6) is 0 Å². The molecule has 0 atom stereocenters. The van der Waals surface area contributed by atoms with E-state index in [1.807, 2.05) is 13.8 Å². The lowest BCUT2D eigenvalue weighted by molar-refractivity contribution is -0.143. The smallest absolute Gasteiger partial charge is 0.305 e. The van der Waals surface area contributed by atoms with Crippen LogP contribution in [0.15, 0.2) is 4.99 Å². The molecular weight excluding hydrogens is 385 g/mol. The lowest BCUT2D eigenvalue weighted by Gasteiger charge is -2.11. The summed E-state index contributed by atoms with van der Waals surface area (Å²) >= 11 is 0. The van der Waals surface area contributed by atoms with Gasteiger partial charge in [0.2, 0.25) is 0 Å². The molecule has 0 saturated carbocycles. The van der Waals surface area contributed by atoms with Crippen molar-refractivity contribution in [1.82, 2.24) is 10.6 Å². The average molecular weight is 415 g/mol. The van der Waals surface area contributed by atoms with Crippen molar-refractivity contribution in [1.29, 1.82) is 0 Å². The van der Waals surface area contributed by atoms with Crippen LogP contribution < -0.4 is 10.6 Å². The zero-order valence-electron chi connectivity index (χ0n) is 13.4. The Balaban J connectivity index is 0. The van der Waals surface area contributed by atoms with Crippen LogP contribution >= 0.6 is 24.0 Å². The van der Waals surface area contributed by atoms with Crippen LogP contribution in [0, 0.1) is 0 Å². The number of halogens is 1. The van der Waals surface area contributed by atoms with E-state index in [9.17, 15) is 4.79 Å². The van der Waals surface area contributed by atoms with Gasteiger partial charge in [-0.25, -0.2) is 0 Å². The summed E-state index contributed by atoms with van der Waals surface area (Å²) in [5, 5.41) is 6.40. The number of nitrogens with zero attached hydrogens (tertiary/aromatic N) is 1. The van der Waals surface area contributed by atoms with Gasteiger partial charge in [0.15, 0.2) is 5.96 Å². The van der Waals surface area contributed by atoms with E-state index in [1.165, 1.54) is 0 Å². The molecule has 0 aliphatic heterocycles. The third-order valence-electron chi connectivity index (χ3n) is 2.59. The fourth-order valence-corrected chi connectivity index (χ4v) is 1.57. The van der Waals surface area contributed by atoms with Gasteiger partial charge in [0.25, 0.3) is 0 Å². The summed E-state index contributed by atoms with van der Waals surface area (Å²) in [4.78, 5) is 15.3. The first-order valence-electron chi connectivity index (χ1n) is 7.42. The van der Waals surface area contributed by atoms with E-state index >= 15 is 0 Å². The number of rotatable bonds is 11. The van der Waals surface area contributed by atoms with Crippen LogP contribution in [0.4, 0.5) is 0 Å². The second-order valence-electron chi connectivity index (χ2n) is 4.24. The summed E-state index contributed by atoms with van der Waals surface area (Å²) < 4.78 is 10.1. The zero-order chi connectivity index (χ0) is 15.1. The highest BCUT2D eigenvalue weighted by atomic mass is 127. The average Bonchev–Trinajstić information content (AvgIpc) is 2.45. The summed E-state index contributed by atoms with van der Waals surface area (Å²) in [6, 6.07) is 0. The van der Waals surface area contributed by atoms with E-state index in [-0.39, 0.29) is 29.9 Å². The molecule has 21 heavy (non-hydrogen) atoms. The molecule has 0 aliphatic rings. The molecular formula is C14H30IN3O3. The largest absolute Gasteiger partial charge is 0.466 e. The molecule has 126 valence electrons. The van der Waals surface area contributed by atoms with Gasteiger partial charge in [-0.15, -0.1) is 24.0 Å². The van der Waals surface area contributed by atoms with E-state index in [4.69, 9.17) is 9.47 Å². The van der Waals surface area contributed by atoms with Crippen LogP contribution in [-0.4, -0.2) is 51.9 Å². The molecule has 0 heterocycles. The van der Waals surface area contributed by atoms with Crippen molar-refractivity contribution >= 4 is 35.9 Å². The first kappa shape index (κ1) is 22.7. The number of guanidine groups is 1. The molecule has 0 spiro atoms. The number of hydrogen-bond acceptors (Lipinski definition) is 4. The van der Waals surface area contributed by atoms with Crippen LogP contribution in [-0.2, 0) is 14.3 Å². The Morgan fingerprint density at radius 3 is 2.29 bits per heavy atom. The molecule has 0 amide bonds. The van der Waals surface area contributed by atoms with Crippen LogP contribution in [0.3, 0.4) is 0 Å². The van der Waals surface area contributed by atoms with Crippen molar-refractivity contribution in [3.05, 3.63) is 0 Å². The van der Waals surface area contributed by atoms with Gasteiger partial charge in [0, 0.05) is 39.8 Å². The summed E-state index contributed by atoms with van der Waals surface area (Å²) in [7, 11) is 1.74. The monoisotopic (exact) mass is 415 g/mol. The number of esters is 1. The molecule has 7 heteroatoms. The maximum atomic E-state index is 11.1. The van der Waals surface area contributed by atoms with Gasteiger partial charge in [-0.3, -0.25) is 9.79 Å². The molecule has 6 nitrogen and oxygen atoms in total. The minimum absolute atomic E-state index is 0. The Bertz CT molecular complexity index is 276. The van der Waals surface area contributed by atoms with Gasteiger partial charge in [0.1, 0.15) is 0 Å². The van der Waals surface area contributed by atoms with Gasteiger partial charge in [-0.1, -0.05) is 0 Å². The number of ether oxygens (including phenoxy) is 2. The molecule has 2 N–H and O–H groups in total. The quantitative estimate of drug-likeness (QED) is 0.177. The maximum absolute atomic E-state index is 11.1. The number of carbonyl (C=O) groups excluding carboxylic acids is 1. The lowest BCUT2D eigenvalue weighted by atomic mass is 10.3. The summed E-state index contributed by atoms with van der Waals surface area (Å²) in [5.41, 5.74) is 0. The maximum Gasteiger partial charge on any atom is 0.305 e. The molecule has 0 radical (unpaired) electrons. The highest BCUT2D eigenvalue weighted by Crippen LogP contribution is 1.91. The Hall–Kier alpha value is -0.570. The second kappa shape index (κ2) is 17.5. The zero-order valence-corrected chi connectivity index (χ0v) is 15.8. The molecule has 0 aromatic heterocycles. The lowest BCUT2D eigenvalue weighted by Crippen LogP contribution is -2.38. The van der Waals surface area contributed by atoms with Crippen molar-refractivity contribution in [3.63, 3.8) is 0 Å². The van der Waals surface area contributed by atoms with Gasteiger partial charge >= 0.3 is 5.97 Å². The van der Waals surface area contributed by atoms with Gasteiger partial charge < -0.3 is 20.1 Å². The highest BCUT2D eigenvalue weighted by Gasteiger charge is 2.01. The van der Waals surface area contributed by atoms with Crippen LogP contribution in [0.2, 0.25) is 0 Å². The first-order chi connectivity index (χ1) is 9.74. The summed E-state index contributed by atoms with van der Waals surface area (Å²) in [5.74, 6) is 0.624. The Morgan fingerprint density at radius 2 is 1.71 bits per heavy atom. The van der Waals surface area contributed by atoms with Crippen molar-refractivity contribution in [2.24, 2.45) is 4.99 Å². The number of aliphatic imine (C=N–C) groups is 1. The van der Waals surface area contributed by atoms with Gasteiger partial charge in [-0.05, 0) is 33.1 Å². The number of carbonyl (C=O) groups is 1. The van der Waals surface area contributed by atoms with E-state index in [0.29, 0.717) is 19.6 Å². The standard InChI is InChI=1S/C14H29N3O3.HI/c1-4-19-12-7-6-10-16-14(15-3)17-11-8-9-13(18)20-5-2;/h4-12H2,1-3H3,(H2,15,16,17);1H. The molecule has 0 saturated heterocycles. The molecule has 0 aliphatic carbocycles. The third-order valence-corrected chi connectivity index (χ3v) is 2.59. The fraction of sp³-hybridized carbons (Fsp3) is 0.857. The Kier molecular flexibility index (Phi) is 18.9. The van der Waals surface area contributed by atoms with Gasteiger partial charge in [0.05, 0.1) is 6.61 Å². The second-order valence-corrected chi connectivity index (χ2v) is 4.24. The first-order valence-corrected chi connectivity index (χ1v) is 7.42.